The van der Waals surface area contributed by atoms with Crippen LogP contribution >= 0.6 is 27.3 Å². The van der Waals surface area contributed by atoms with E-state index in [2.05, 4.69) is 40.3 Å². The van der Waals surface area contributed by atoms with Gasteiger partial charge in [-0.2, -0.15) is 0 Å². The fraction of sp³-hybridized carbons (Fsp3) is 0.400. The first kappa shape index (κ1) is 15.3. The maximum Gasteiger partial charge on any atom is 0.268 e. The highest BCUT2D eigenvalue weighted by atomic mass is 79.9. The number of thiophene rings is 1. The molecule has 3 nitrogen and oxygen atoms in total. The second-order valence-corrected chi connectivity index (χ2v) is 7.21. The average molecular weight is 355 g/mol. The monoisotopic (exact) mass is 354 g/mol. The molecule has 1 atom stereocenters. The summed E-state index contributed by atoms with van der Waals surface area (Å²) in [7, 11) is 0. The molecule has 0 bridgehead atoms. The van der Waals surface area contributed by atoms with Gasteiger partial charge in [0.15, 0.2) is 0 Å². The lowest BCUT2D eigenvalue weighted by molar-refractivity contribution is 0.0931. The number of rotatable bonds is 5. The van der Waals surface area contributed by atoms with Crippen molar-refractivity contribution in [3.05, 3.63) is 44.3 Å². The van der Waals surface area contributed by atoms with Crippen LogP contribution in [-0.2, 0) is 13.0 Å². The highest BCUT2D eigenvalue weighted by Gasteiger charge is 2.15. The Morgan fingerprint density at radius 2 is 2.25 bits per heavy atom. The van der Waals surface area contributed by atoms with E-state index in [1.165, 1.54) is 9.75 Å². The van der Waals surface area contributed by atoms with E-state index >= 15 is 0 Å². The van der Waals surface area contributed by atoms with Crippen LogP contribution in [-0.4, -0.2) is 16.5 Å². The number of carbonyl (C=O) groups excluding carboxylic acids is 1. The molecule has 0 aliphatic carbocycles. The fourth-order valence-corrected chi connectivity index (χ4v) is 3.66. The van der Waals surface area contributed by atoms with E-state index in [0.29, 0.717) is 5.69 Å². The zero-order valence-corrected chi connectivity index (χ0v) is 14.3. The summed E-state index contributed by atoms with van der Waals surface area (Å²) in [6.45, 7) is 6.96. The Balaban J connectivity index is 1.99. The van der Waals surface area contributed by atoms with Gasteiger partial charge in [0.05, 0.1) is 0 Å². The maximum absolute atomic E-state index is 12.3. The molecule has 2 heterocycles. The van der Waals surface area contributed by atoms with Crippen molar-refractivity contribution in [3.63, 3.8) is 0 Å². The molecule has 2 aromatic rings. The summed E-state index contributed by atoms with van der Waals surface area (Å²) in [5, 5.41) is 3.07. The molecule has 0 aromatic carbocycles. The average Bonchev–Trinajstić information content (AvgIpc) is 2.95. The molecule has 0 saturated heterocycles. The lowest BCUT2D eigenvalue weighted by Gasteiger charge is -2.14. The van der Waals surface area contributed by atoms with Gasteiger partial charge in [0.25, 0.3) is 5.91 Å². The van der Waals surface area contributed by atoms with Crippen LogP contribution in [0.4, 0.5) is 0 Å². The van der Waals surface area contributed by atoms with Crippen molar-refractivity contribution in [2.45, 2.75) is 39.8 Å². The Morgan fingerprint density at radius 3 is 2.85 bits per heavy atom. The lowest BCUT2D eigenvalue weighted by Crippen LogP contribution is -2.35. The van der Waals surface area contributed by atoms with Gasteiger partial charge in [-0.15, -0.1) is 11.3 Å². The molecule has 5 heteroatoms. The summed E-state index contributed by atoms with van der Waals surface area (Å²) in [5.41, 5.74) is 0.702. The third-order valence-electron chi connectivity index (χ3n) is 3.12. The smallest absolute Gasteiger partial charge is 0.268 e. The first-order valence-corrected chi connectivity index (χ1v) is 8.32. The summed E-state index contributed by atoms with van der Waals surface area (Å²) in [6.07, 6.45) is 2.81. The minimum absolute atomic E-state index is 0.0154. The lowest BCUT2D eigenvalue weighted by atomic mass is 10.2. The predicted molar refractivity (Wildman–Crippen MR) is 87.5 cm³/mol. The minimum atomic E-state index is -0.0154. The fourth-order valence-electron chi connectivity index (χ4n) is 2.17. The van der Waals surface area contributed by atoms with E-state index in [1.54, 1.807) is 11.3 Å². The molecule has 2 rings (SSSR count). The number of halogens is 1. The van der Waals surface area contributed by atoms with Crippen LogP contribution in [0.25, 0.3) is 0 Å². The molecule has 0 saturated carbocycles. The highest BCUT2D eigenvalue weighted by Crippen LogP contribution is 2.18. The Hall–Kier alpha value is -1.07. The number of aromatic nitrogens is 1. The van der Waals surface area contributed by atoms with Crippen molar-refractivity contribution in [3.8, 4) is 0 Å². The second-order valence-electron chi connectivity index (χ2n) is 4.92. The van der Waals surface area contributed by atoms with E-state index in [-0.39, 0.29) is 11.9 Å². The van der Waals surface area contributed by atoms with Crippen LogP contribution in [0.3, 0.4) is 0 Å². The predicted octanol–water partition coefficient (Wildman–Crippen LogP) is 4.00. The van der Waals surface area contributed by atoms with Crippen LogP contribution in [0.2, 0.25) is 0 Å². The summed E-state index contributed by atoms with van der Waals surface area (Å²) >= 11 is 5.20. The summed E-state index contributed by atoms with van der Waals surface area (Å²) in [5.74, 6) is -0.0154. The van der Waals surface area contributed by atoms with E-state index < -0.39 is 0 Å². The van der Waals surface area contributed by atoms with Gasteiger partial charge in [-0.1, -0.05) is 0 Å². The maximum atomic E-state index is 12.3. The molecule has 1 unspecified atom stereocenters. The number of hydrogen-bond acceptors (Lipinski definition) is 2. The highest BCUT2D eigenvalue weighted by molar-refractivity contribution is 9.10. The third kappa shape index (κ3) is 3.73. The summed E-state index contributed by atoms with van der Waals surface area (Å²) in [4.78, 5) is 14.9. The second kappa shape index (κ2) is 6.59. The van der Waals surface area contributed by atoms with Gasteiger partial charge in [-0.3, -0.25) is 4.79 Å². The zero-order valence-electron chi connectivity index (χ0n) is 11.9. The van der Waals surface area contributed by atoms with Gasteiger partial charge >= 0.3 is 0 Å². The molecule has 20 heavy (non-hydrogen) atoms. The molecule has 0 aliphatic rings. The van der Waals surface area contributed by atoms with Gasteiger partial charge in [-0.05, 0) is 54.9 Å². The number of aryl methyl sites for hydroxylation is 2. The Labute approximate surface area is 132 Å². The molecule has 0 radical (unpaired) electrons. The largest absolute Gasteiger partial charge is 0.348 e. The van der Waals surface area contributed by atoms with Crippen molar-refractivity contribution >= 4 is 33.2 Å². The van der Waals surface area contributed by atoms with Gasteiger partial charge in [0.2, 0.25) is 0 Å². The van der Waals surface area contributed by atoms with Gasteiger partial charge in [0, 0.05) is 39.4 Å². The minimum Gasteiger partial charge on any atom is -0.348 e. The van der Waals surface area contributed by atoms with E-state index in [9.17, 15) is 4.79 Å². The number of carbonyl (C=O) groups is 1. The number of nitrogens with zero attached hydrogens (tertiary/aromatic N) is 1. The van der Waals surface area contributed by atoms with Crippen molar-refractivity contribution < 1.29 is 4.79 Å². The molecule has 0 fully saturated rings. The Kier molecular flexibility index (Phi) is 5.05. The molecule has 2 aromatic heterocycles. The van der Waals surface area contributed by atoms with Crippen LogP contribution in [0, 0.1) is 6.92 Å². The van der Waals surface area contributed by atoms with E-state index in [1.807, 2.05) is 30.7 Å². The Bertz CT molecular complexity index is 603. The van der Waals surface area contributed by atoms with Crippen molar-refractivity contribution in [1.29, 1.82) is 0 Å². The van der Waals surface area contributed by atoms with Crippen LogP contribution in [0.1, 0.15) is 34.1 Å². The first-order valence-electron chi connectivity index (χ1n) is 6.71. The molecule has 1 N–H and O–H groups in total. The first-order chi connectivity index (χ1) is 9.49. The van der Waals surface area contributed by atoms with Gasteiger partial charge in [0.1, 0.15) is 5.69 Å². The third-order valence-corrected chi connectivity index (χ3v) is 4.57. The number of nitrogens with one attached hydrogen (secondary N) is 1. The molecule has 0 spiro atoms. The van der Waals surface area contributed by atoms with Crippen LogP contribution < -0.4 is 5.32 Å². The summed E-state index contributed by atoms with van der Waals surface area (Å²) < 4.78 is 2.88. The zero-order chi connectivity index (χ0) is 14.7. The van der Waals surface area contributed by atoms with Crippen LogP contribution in [0.5, 0.6) is 0 Å². The van der Waals surface area contributed by atoms with Gasteiger partial charge < -0.3 is 9.88 Å². The van der Waals surface area contributed by atoms with Crippen LogP contribution in [0.15, 0.2) is 28.9 Å². The normalized spacial score (nSPS) is 12.4. The number of amides is 1. The van der Waals surface area contributed by atoms with Crippen molar-refractivity contribution in [1.82, 2.24) is 9.88 Å². The SMILES string of the molecule is CCn1cc(Br)cc1C(=O)NC(C)Cc1ccc(C)s1. The molecular formula is C15H19BrN2OS. The number of hydrogen-bond donors (Lipinski definition) is 1. The van der Waals surface area contributed by atoms with E-state index in [4.69, 9.17) is 0 Å². The van der Waals surface area contributed by atoms with Crippen molar-refractivity contribution in [2.75, 3.05) is 0 Å². The molecule has 0 aliphatic heterocycles. The summed E-state index contributed by atoms with van der Waals surface area (Å²) in [6, 6.07) is 6.24. The molecule has 108 valence electrons. The molecule has 1 amide bonds. The standard InChI is InChI=1S/C15H19BrN2OS/c1-4-18-9-12(16)8-14(18)15(19)17-10(2)7-13-6-5-11(3)20-13/h5-6,8-10H,4,7H2,1-3H3,(H,17,19). The topological polar surface area (TPSA) is 34.0 Å². The van der Waals surface area contributed by atoms with Crippen molar-refractivity contribution in [2.24, 2.45) is 0 Å². The van der Waals surface area contributed by atoms with E-state index in [0.717, 1.165) is 17.4 Å². The Morgan fingerprint density at radius 1 is 1.50 bits per heavy atom. The molecular weight excluding hydrogens is 336 g/mol. The quantitative estimate of drug-likeness (QED) is 0.864. The van der Waals surface area contributed by atoms with Gasteiger partial charge in [-0.25, -0.2) is 0 Å².